The molecule has 0 aromatic carbocycles. The zero-order valence-corrected chi connectivity index (χ0v) is 71.6. The molecule has 4 atom stereocenters. The maximum absolute atomic E-state index is 11.9. The molecular formula is C77H142F36. The molecule has 113 heavy (non-hydrogen) atoms. The van der Waals surface area contributed by atoms with Crippen molar-refractivity contribution in [1.29, 1.82) is 0 Å². The highest BCUT2D eigenvalue weighted by Crippen LogP contribution is 2.45. The van der Waals surface area contributed by atoms with Gasteiger partial charge in [0.2, 0.25) is 0 Å². The van der Waals surface area contributed by atoms with Crippen LogP contribution in [0.1, 0.15) is 347 Å². The van der Waals surface area contributed by atoms with Crippen LogP contribution in [-0.4, -0.2) is 74.1 Å². The smallest absolute Gasteiger partial charge is 0.171 e. The Kier molecular flexibility index (Phi) is 80.0. The van der Waals surface area contributed by atoms with Crippen molar-refractivity contribution in [3.63, 3.8) is 0 Å². The van der Waals surface area contributed by atoms with Gasteiger partial charge in [-0.1, -0.05) is 283 Å². The third kappa shape index (κ3) is 116. The zero-order valence-electron chi connectivity index (χ0n) is 71.6. The fraction of sp³-hybridized carbons (Fsp3) is 1.00. The van der Waals surface area contributed by atoms with Gasteiger partial charge in [0.15, 0.2) is 17.8 Å². The molecule has 0 rings (SSSR count). The molecule has 0 spiro atoms. The SMILES string of the molecule is CC(C)C(C)C.CC(C)CC(C(F)(F)F)C(F)(F)F.CCC(C)(C)C.CCC(C)(C)C.CCC(C)CC.CCCC(C(F)(F)F)C(F)(F)F.CCCCC(C(F)(F)F)C(F)(F)F.CCCCCCC(F)(F)F.CCCC[C@H](C)C(F)(F)F.CCC[C@H](C)C(F)(F)F.CCC[C@H](C)CC(F)(F)F.C[C@@H](CCC(F)(F)F)C(F)(F)F. The Morgan fingerprint density at radius 1 is 0.221 bits per heavy atom. The van der Waals surface area contributed by atoms with Crippen molar-refractivity contribution in [3.05, 3.63) is 0 Å². The van der Waals surface area contributed by atoms with Gasteiger partial charge in [0.05, 0.1) is 17.8 Å². The van der Waals surface area contributed by atoms with Crippen molar-refractivity contribution in [1.82, 2.24) is 0 Å². The van der Waals surface area contributed by atoms with Crippen LogP contribution in [0.4, 0.5) is 158 Å². The lowest BCUT2D eigenvalue weighted by Gasteiger charge is -2.24. The minimum absolute atomic E-state index is 0.0658. The van der Waals surface area contributed by atoms with E-state index in [0.29, 0.717) is 42.9 Å². The predicted molar refractivity (Wildman–Crippen MR) is 385 cm³/mol. The first kappa shape index (κ1) is 137. The Balaban J connectivity index is -0.0000000994. The van der Waals surface area contributed by atoms with Crippen LogP contribution in [0.25, 0.3) is 0 Å². The molecule has 0 nitrogen and oxygen atoms in total. The lowest BCUT2D eigenvalue weighted by Crippen LogP contribution is -2.37. The van der Waals surface area contributed by atoms with Gasteiger partial charge in [0.25, 0.3) is 0 Å². The average molecular weight is 1750 g/mol. The first-order chi connectivity index (χ1) is 49.6. The van der Waals surface area contributed by atoms with Crippen molar-refractivity contribution in [2.75, 3.05) is 0 Å². The van der Waals surface area contributed by atoms with Crippen LogP contribution in [0.2, 0.25) is 0 Å². The molecule has 0 aliphatic rings. The minimum atomic E-state index is -5.19. The third-order valence-corrected chi connectivity index (χ3v) is 16.3. The molecule has 0 fully saturated rings. The summed E-state index contributed by atoms with van der Waals surface area (Å²) in [7, 11) is 0. The van der Waals surface area contributed by atoms with E-state index in [9.17, 15) is 158 Å². The van der Waals surface area contributed by atoms with Gasteiger partial charge in [0, 0.05) is 19.3 Å². The molecule has 0 heterocycles. The number of alkyl halides is 36. The third-order valence-electron chi connectivity index (χ3n) is 16.3. The van der Waals surface area contributed by atoms with E-state index in [-0.39, 0.29) is 38.0 Å². The van der Waals surface area contributed by atoms with Gasteiger partial charge < -0.3 is 0 Å². The molecule has 0 bridgehead atoms. The molecule has 0 aromatic rings. The van der Waals surface area contributed by atoms with Gasteiger partial charge in [-0.15, -0.1) is 0 Å². The Labute approximate surface area is 653 Å². The second kappa shape index (κ2) is 66.2. The summed E-state index contributed by atoms with van der Waals surface area (Å²) in [5.41, 5.74) is 1.08. The van der Waals surface area contributed by atoms with Gasteiger partial charge in [-0.05, 0) is 85.4 Å². The van der Waals surface area contributed by atoms with Gasteiger partial charge in [-0.3, -0.25) is 0 Å². The van der Waals surface area contributed by atoms with E-state index in [2.05, 4.69) is 104 Å². The molecule has 0 aliphatic heterocycles. The molecule has 0 N–H and O–H groups in total. The molecular weight excluding hydrogens is 1610 g/mol. The average Bonchev–Trinajstić information content (AvgIpc) is 0.846. The van der Waals surface area contributed by atoms with Gasteiger partial charge in [-0.2, -0.15) is 158 Å². The summed E-state index contributed by atoms with van der Waals surface area (Å²) in [5, 5.41) is 0. The number of unbranched alkanes of at least 4 members (excludes halogenated alkanes) is 5. The first-order valence-corrected chi connectivity index (χ1v) is 38.4. The fourth-order valence-corrected chi connectivity index (χ4v) is 6.49. The van der Waals surface area contributed by atoms with Crippen LogP contribution in [0, 0.1) is 75.9 Å². The molecule has 0 unspecified atom stereocenters. The number of hydrogen-bond donors (Lipinski definition) is 0. The number of rotatable bonds is 24. The van der Waals surface area contributed by atoms with Crippen LogP contribution in [0.3, 0.4) is 0 Å². The maximum atomic E-state index is 11.9. The van der Waals surface area contributed by atoms with Crippen LogP contribution >= 0.6 is 0 Å². The standard InChI is InChI=1S/2C7H10F6.3C7H13F3.2C6H8F6.C6H11F3.4C6H14/c1-4(2)3-5(6(8,9)10)7(11,12)13;1-2-3-4-5(6(8,9)10)7(11,12)13;1-3-4-6(2)5-7(8,9)10;1-3-4-5-6(2)7(8,9)10;1-2-3-4-5-6-7(8,9)10;1-4(6(10,11)12)2-3-5(7,8)9;1-2-3-4(5(7,8)9)6(10,11)12;1-3-4-5(2)6(7,8)9;2*1-5-6(2,3)4;1-5(2)6(3)4;1-4-6(3)5-2/h4-5H,3H2,1-2H3;5H,2-4H2,1H3;2*6H,3-5H2,1-2H3;2-6H2,1H3;2*4H,2-3H2,1H3;5H,3-4H2,1-2H3;2*5H2,1-4H3;5-6H,1-4H3;6H,4-5H2,1-3H3/t;;2*6-;;4-;;5-;;;;/m..00.0.0..../s1. The van der Waals surface area contributed by atoms with E-state index in [4.69, 9.17) is 0 Å². The Morgan fingerprint density at radius 3 is 0.646 bits per heavy atom. The highest BCUT2D eigenvalue weighted by atomic mass is 19.5. The normalized spacial score (nSPS) is 13.9. The van der Waals surface area contributed by atoms with E-state index in [1.54, 1.807) is 20.8 Å². The summed E-state index contributed by atoms with van der Waals surface area (Å²) in [6, 6.07) is 0. The van der Waals surface area contributed by atoms with Gasteiger partial charge in [0.1, 0.15) is 0 Å². The molecule has 0 saturated carbocycles. The maximum Gasteiger partial charge on any atom is 0.400 e. The van der Waals surface area contributed by atoms with E-state index in [1.165, 1.54) is 60.3 Å². The molecule has 0 radical (unpaired) electrons. The molecule has 0 aromatic heterocycles. The second-order valence-corrected chi connectivity index (χ2v) is 31.3. The topological polar surface area (TPSA) is 0 Å². The lowest BCUT2D eigenvalue weighted by atomic mass is 9.94. The Bertz CT molecular complexity index is 1930. The van der Waals surface area contributed by atoms with E-state index in [1.807, 2.05) is 20.8 Å². The van der Waals surface area contributed by atoms with Crippen molar-refractivity contribution in [2.45, 2.75) is 422 Å². The van der Waals surface area contributed by atoms with E-state index < -0.39 is 160 Å². The summed E-state index contributed by atoms with van der Waals surface area (Å²) in [4.78, 5) is 0. The van der Waals surface area contributed by atoms with Crippen LogP contribution in [-0.2, 0) is 0 Å². The largest absolute Gasteiger partial charge is 0.400 e. The van der Waals surface area contributed by atoms with Crippen LogP contribution < -0.4 is 0 Å². The monoisotopic (exact) mass is 1750 g/mol. The number of hydrogen-bond acceptors (Lipinski definition) is 0. The highest BCUT2D eigenvalue weighted by Gasteiger charge is 2.58. The van der Waals surface area contributed by atoms with E-state index in [0.717, 1.165) is 50.4 Å². The highest BCUT2D eigenvalue weighted by molar-refractivity contribution is 4.78. The van der Waals surface area contributed by atoms with Crippen molar-refractivity contribution in [3.8, 4) is 0 Å². The summed E-state index contributed by atoms with van der Waals surface area (Å²) in [5.74, 6) is -11.9. The predicted octanol–water partition coefficient (Wildman–Crippen LogP) is 37.6. The van der Waals surface area contributed by atoms with Gasteiger partial charge >= 0.3 is 74.1 Å². The molecule has 0 aliphatic carbocycles. The lowest BCUT2D eigenvalue weighted by molar-refractivity contribution is -0.288. The minimum Gasteiger partial charge on any atom is -0.171 e. The summed E-state index contributed by atoms with van der Waals surface area (Å²) in [6.07, 6.45) is -49.9. The van der Waals surface area contributed by atoms with Crippen LogP contribution in [0.5, 0.6) is 0 Å². The summed E-state index contributed by atoms with van der Waals surface area (Å²) in [6.45, 7) is 51.4. The van der Waals surface area contributed by atoms with Crippen LogP contribution in [0.15, 0.2) is 0 Å². The number of halogens is 36. The fourth-order valence-electron chi connectivity index (χ4n) is 6.49. The van der Waals surface area contributed by atoms with Gasteiger partial charge in [-0.25, -0.2) is 0 Å². The molecule has 0 amide bonds. The van der Waals surface area contributed by atoms with Crippen molar-refractivity contribution < 1.29 is 158 Å². The van der Waals surface area contributed by atoms with Crippen molar-refractivity contribution in [2.24, 2.45) is 75.9 Å². The molecule has 36 heteroatoms. The second-order valence-electron chi connectivity index (χ2n) is 31.3. The van der Waals surface area contributed by atoms with E-state index >= 15 is 0 Å². The summed E-state index contributed by atoms with van der Waals surface area (Å²) >= 11 is 0. The Hall–Kier alpha value is -2.52. The first-order valence-electron chi connectivity index (χ1n) is 38.4. The zero-order chi connectivity index (χ0) is 94.0. The Morgan fingerprint density at radius 2 is 0.478 bits per heavy atom. The summed E-state index contributed by atoms with van der Waals surface area (Å²) < 4.78 is 421. The molecule has 0 saturated heterocycles. The van der Waals surface area contributed by atoms with Crippen molar-refractivity contribution >= 4 is 0 Å². The molecule has 702 valence electrons. The quantitative estimate of drug-likeness (QED) is 0.0667.